The summed E-state index contributed by atoms with van der Waals surface area (Å²) in [6.07, 6.45) is 3.47. The molecule has 0 unspecified atom stereocenters. The Balaban J connectivity index is 1.88. The summed E-state index contributed by atoms with van der Waals surface area (Å²) >= 11 is 3.54. The van der Waals surface area contributed by atoms with Crippen molar-refractivity contribution in [1.82, 2.24) is 0 Å². The Kier molecular flexibility index (Phi) is 4.84. The summed E-state index contributed by atoms with van der Waals surface area (Å²) in [6.45, 7) is 0. The maximum Gasteiger partial charge on any atom is 0.185 e. The van der Waals surface area contributed by atoms with Crippen LogP contribution in [-0.2, 0) is 0 Å². The first-order valence-corrected chi connectivity index (χ1v) is 8.15. The summed E-state index contributed by atoms with van der Waals surface area (Å²) < 4.78 is 0.991. The number of benzene rings is 3. The van der Waals surface area contributed by atoms with Crippen LogP contribution in [0.2, 0.25) is 0 Å². The van der Waals surface area contributed by atoms with Crippen LogP contribution < -0.4 is 0 Å². The molecular weight excluding hydrogens is 348 g/mol. The fraction of sp³-hybridized carbons (Fsp3) is 0. The van der Waals surface area contributed by atoms with E-state index < -0.39 is 0 Å². The maximum atomic E-state index is 12.2. The molecule has 0 amide bonds. The van der Waals surface area contributed by atoms with Gasteiger partial charge in [-0.1, -0.05) is 82.7 Å². The molecule has 112 valence electrons. The van der Waals surface area contributed by atoms with Crippen molar-refractivity contribution in [1.29, 1.82) is 0 Å². The molecule has 0 bridgehead atoms. The molecule has 23 heavy (non-hydrogen) atoms. The predicted molar refractivity (Wildman–Crippen MR) is 99.4 cm³/mol. The number of carbonyl (C=O) groups excluding carboxylic acids is 1. The zero-order valence-corrected chi connectivity index (χ0v) is 14.0. The van der Waals surface area contributed by atoms with Gasteiger partial charge in [-0.15, -0.1) is 0 Å². The second-order valence-electron chi connectivity index (χ2n) is 5.20. The highest BCUT2D eigenvalue weighted by atomic mass is 79.9. The molecule has 0 saturated carbocycles. The minimum absolute atomic E-state index is 0.00633. The van der Waals surface area contributed by atoms with Gasteiger partial charge in [0.2, 0.25) is 0 Å². The third-order valence-electron chi connectivity index (χ3n) is 3.51. The molecule has 0 aromatic heterocycles. The molecule has 0 aliphatic rings. The van der Waals surface area contributed by atoms with Gasteiger partial charge >= 0.3 is 0 Å². The molecule has 3 aromatic carbocycles. The van der Waals surface area contributed by atoms with E-state index >= 15 is 0 Å². The van der Waals surface area contributed by atoms with Crippen molar-refractivity contribution in [3.8, 4) is 11.1 Å². The molecule has 1 nitrogen and oxygen atoms in total. The smallest absolute Gasteiger partial charge is 0.185 e. The normalized spacial score (nSPS) is 10.8. The third-order valence-corrected chi connectivity index (χ3v) is 3.97. The standard InChI is InChI=1S/C21H15BrO/c22-20-14-16(11-12-21(23)18-9-5-2-6-10-18)13-19(15-20)17-7-3-1-4-8-17/h1-15H. The summed E-state index contributed by atoms with van der Waals surface area (Å²) in [5.41, 5.74) is 3.95. The minimum atomic E-state index is 0.00633. The van der Waals surface area contributed by atoms with Crippen molar-refractivity contribution in [2.75, 3.05) is 0 Å². The molecule has 0 N–H and O–H groups in total. The van der Waals surface area contributed by atoms with Crippen LogP contribution in [0, 0.1) is 0 Å². The van der Waals surface area contributed by atoms with E-state index in [-0.39, 0.29) is 5.78 Å². The van der Waals surface area contributed by atoms with Crippen LogP contribution in [0.25, 0.3) is 17.2 Å². The van der Waals surface area contributed by atoms with Gasteiger partial charge in [0.05, 0.1) is 0 Å². The van der Waals surface area contributed by atoms with Crippen LogP contribution in [0.3, 0.4) is 0 Å². The summed E-state index contributed by atoms with van der Waals surface area (Å²) in [4.78, 5) is 12.2. The van der Waals surface area contributed by atoms with E-state index in [0.717, 1.165) is 21.2 Å². The predicted octanol–water partition coefficient (Wildman–Crippen LogP) is 6.01. The van der Waals surface area contributed by atoms with Gasteiger partial charge in [0, 0.05) is 10.0 Å². The first-order chi connectivity index (χ1) is 11.2. The van der Waals surface area contributed by atoms with Crippen molar-refractivity contribution >= 4 is 27.8 Å². The molecule has 0 spiro atoms. The van der Waals surface area contributed by atoms with E-state index in [1.807, 2.05) is 60.7 Å². The van der Waals surface area contributed by atoms with E-state index in [2.05, 4.69) is 40.2 Å². The van der Waals surface area contributed by atoms with Crippen molar-refractivity contribution in [2.24, 2.45) is 0 Å². The van der Waals surface area contributed by atoms with Gasteiger partial charge in [0.25, 0.3) is 0 Å². The second-order valence-corrected chi connectivity index (χ2v) is 6.12. The maximum absolute atomic E-state index is 12.2. The van der Waals surface area contributed by atoms with Crippen LogP contribution in [0.5, 0.6) is 0 Å². The highest BCUT2D eigenvalue weighted by Gasteiger charge is 2.02. The Hall–Kier alpha value is -2.45. The Morgan fingerprint density at radius 2 is 1.43 bits per heavy atom. The van der Waals surface area contributed by atoms with Crippen molar-refractivity contribution in [3.63, 3.8) is 0 Å². The molecular formula is C21H15BrO. The van der Waals surface area contributed by atoms with Crippen molar-refractivity contribution in [3.05, 3.63) is 101 Å². The first kappa shape index (κ1) is 15.4. The minimum Gasteiger partial charge on any atom is -0.289 e. The van der Waals surface area contributed by atoms with Crippen LogP contribution in [0.4, 0.5) is 0 Å². The van der Waals surface area contributed by atoms with E-state index in [0.29, 0.717) is 5.56 Å². The van der Waals surface area contributed by atoms with Crippen LogP contribution in [-0.4, -0.2) is 5.78 Å². The van der Waals surface area contributed by atoms with E-state index in [9.17, 15) is 4.79 Å². The van der Waals surface area contributed by atoms with E-state index in [1.54, 1.807) is 6.08 Å². The number of ketones is 1. The monoisotopic (exact) mass is 362 g/mol. The molecule has 2 heteroatoms. The van der Waals surface area contributed by atoms with Gasteiger partial charge in [-0.05, 0) is 41.0 Å². The van der Waals surface area contributed by atoms with E-state index in [1.165, 1.54) is 0 Å². The number of carbonyl (C=O) groups is 1. The molecule has 0 radical (unpaired) electrons. The van der Waals surface area contributed by atoms with Crippen LogP contribution >= 0.6 is 15.9 Å². The van der Waals surface area contributed by atoms with Gasteiger partial charge in [-0.3, -0.25) is 4.79 Å². The lowest BCUT2D eigenvalue weighted by molar-refractivity contribution is 0.104. The van der Waals surface area contributed by atoms with Gasteiger partial charge in [-0.2, -0.15) is 0 Å². The van der Waals surface area contributed by atoms with E-state index in [4.69, 9.17) is 0 Å². The number of hydrogen-bond acceptors (Lipinski definition) is 1. The van der Waals surface area contributed by atoms with Crippen LogP contribution in [0.1, 0.15) is 15.9 Å². The van der Waals surface area contributed by atoms with Gasteiger partial charge in [0.1, 0.15) is 0 Å². The summed E-state index contributed by atoms with van der Waals surface area (Å²) in [7, 11) is 0. The lowest BCUT2D eigenvalue weighted by atomic mass is 10.0. The van der Waals surface area contributed by atoms with Gasteiger partial charge in [-0.25, -0.2) is 0 Å². The topological polar surface area (TPSA) is 17.1 Å². The first-order valence-electron chi connectivity index (χ1n) is 7.36. The molecule has 0 fully saturated rings. The highest BCUT2D eigenvalue weighted by Crippen LogP contribution is 2.25. The average molecular weight is 363 g/mol. The Labute approximate surface area is 144 Å². The fourth-order valence-corrected chi connectivity index (χ4v) is 2.89. The molecule has 0 saturated heterocycles. The second kappa shape index (κ2) is 7.21. The number of rotatable bonds is 4. The number of allylic oxidation sites excluding steroid dienone is 1. The third kappa shape index (κ3) is 4.05. The van der Waals surface area contributed by atoms with Crippen LogP contribution in [0.15, 0.2) is 89.4 Å². The highest BCUT2D eigenvalue weighted by molar-refractivity contribution is 9.10. The molecule has 3 aromatic rings. The summed E-state index contributed by atoms with van der Waals surface area (Å²) in [6, 6.07) is 25.6. The lowest BCUT2D eigenvalue weighted by Crippen LogP contribution is -1.92. The molecule has 0 aliphatic heterocycles. The number of halogens is 1. The molecule has 3 rings (SSSR count). The number of hydrogen-bond donors (Lipinski definition) is 0. The fourth-order valence-electron chi connectivity index (χ4n) is 2.38. The quantitative estimate of drug-likeness (QED) is 0.410. The Bertz CT molecular complexity index is 836. The SMILES string of the molecule is O=C(C=Cc1cc(Br)cc(-c2ccccc2)c1)c1ccccc1. The van der Waals surface area contributed by atoms with Gasteiger partial charge < -0.3 is 0 Å². The zero-order chi connectivity index (χ0) is 16.1. The zero-order valence-electron chi connectivity index (χ0n) is 12.4. The van der Waals surface area contributed by atoms with Gasteiger partial charge in [0.15, 0.2) is 5.78 Å². The molecule has 0 aliphatic carbocycles. The van der Waals surface area contributed by atoms with Crippen molar-refractivity contribution in [2.45, 2.75) is 0 Å². The summed E-state index contributed by atoms with van der Waals surface area (Å²) in [5, 5.41) is 0. The largest absolute Gasteiger partial charge is 0.289 e. The summed E-state index contributed by atoms with van der Waals surface area (Å²) in [5.74, 6) is 0.00633. The average Bonchev–Trinajstić information content (AvgIpc) is 2.61. The molecule has 0 heterocycles. The van der Waals surface area contributed by atoms with Crippen molar-refractivity contribution < 1.29 is 4.79 Å². The molecule has 0 atom stereocenters. The Morgan fingerprint density at radius 1 is 0.783 bits per heavy atom. The lowest BCUT2D eigenvalue weighted by Gasteiger charge is -2.04. The Morgan fingerprint density at radius 3 is 2.13 bits per heavy atom.